The van der Waals surface area contributed by atoms with Gasteiger partial charge in [-0.2, -0.15) is 0 Å². The SMILES string of the molecule is C[NH2+]C1[C@H](C)OC(COC(=O)c2cc(N)ccc2O)[C@H](O)[C@@H]1OC(C)C(=O)O. The first-order valence-corrected chi connectivity index (χ1v) is 8.92. The van der Waals surface area contributed by atoms with Gasteiger partial charge in [-0.15, -0.1) is 0 Å². The van der Waals surface area contributed by atoms with Crippen LogP contribution in [0.2, 0.25) is 0 Å². The molecule has 7 N–H and O–H groups in total. The van der Waals surface area contributed by atoms with E-state index >= 15 is 0 Å². The number of aliphatic hydroxyl groups excluding tert-OH is 1. The fourth-order valence-electron chi connectivity index (χ4n) is 3.17. The van der Waals surface area contributed by atoms with E-state index in [1.807, 2.05) is 0 Å². The first-order valence-electron chi connectivity index (χ1n) is 8.92. The van der Waals surface area contributed by atoms with Crippen molar-refractivity contribution >= 4 is 17.6 Å². The number of aliphatic hydroxyl groups is 1. The van der Waals surface area contributed by atoms with Crippen LogP contribution in [0.1, 0.15) is 24.2 Å². The van der Waals surface area contributed by atoms with E-state index in [0.717, 1.165) is 0 Å². The number of hydrogen-bond acceptors (Lipinski definition) is 8. The number of quaternary nitrogens is 1. The molecule has 1 saturated heterocycles. The minimum atomic E-state index is -1.22. The molecule has 3 unspecified atom stereocenters. The lowest BCUT2D eigenvalue weighted by atomic mass is 9.93. The number of aromatic hydroxyl groups is 1. The van der Waals surface area contributed by atoms with E-state index in [0.29, 0.717) is 0 Å². The van der Waals surface area contributed by atoms with Crippen molar-refractivity contribution in [1.29, 1.82) is 0 Å². The molecular weight excluding hydrogens is 372 g/mol. The lowest BCUT2D eigenvalue weighted by Gasteiger charge is -2.41. The van der Waals surface area contributed by atoms with Gasteiger partial charge >= 0.3 is 11.9 Å². The molecular formula is C18H27N2O8+. The minimum absolute atomic E-state index is 0.106. The zero-order chi connectivity index (χ0) is 21.0. The highest BCUT2D eigenvalue weighted by Crippen LogP contribution is 2.25. The molecule has 1 heterocycles. The molecule has 156 valence electrons. The summed E-state index contributed by atoms with van der Waals surface area (Å²) in [4.78, 5) is 23.3. The molecule has 1 aliphatic rings. The van der Waals surface area contributed by atoms with Crippen LogP contribution < -0.4 is 11.1 Å². The average Bonchev–Trinajstić information content (AvgIpc) is 2.64. The number of esters is 1. The van der Waals surface area contributed by atoms with Gasteiger partial charge in [-0.05, 0) is 32.0 Å². The maximum absolute atomic E-state index is 12.2. The molecule has 1 aliphatic heterocycles. The van der Waals surface area contributed by atoms with Crippen LogP contribution in [0.5, 0.6) is 5.75 Å². The van der Waals surface area contributed by atoms with Crippen molar-refractivity contribution in [2.75, 3.05) is 19.4 Å². The predicted molar refractivity (Wildman–Crippen MR) is 96.8 cm³/mol. The molecule has 1 aromatic rings. The molecule has 0 aromatic heterocycles. The Morgan fingerprint density at radius 3 is 2.68 bits per heavy atom. The van der Waals surface area contributed by atoms with Gasteiger partial charge in [0.2, 0.25) is 0 Å². The number of carbonyl (C=O) groups is 2. The number of carboxylic acids is 1. The Kier molecular flexibility index (Phi) is 7.19. The molecule has 10 nitrogen and oxygen atoms in total. The Morgan fingerprint density at radius 2 is 2.07 bits per heavy atom. The monoisotopic (exact) mass is 399 g/mol. The molecule has 10 heteroatoms. The van der Waals surface area contributed by atoms with Gasteiger partial charge in [-0.3, -0.25) is 0 Å². The van der Waals surface area contributed by atoms with Gasteiger partial charge < -0.3 is 40.6 Å². The van der Waals surface area contributed by atoms with Crippen molar-refractivity contribution in [3.63, 3.8) is 0 Å². The summed E-state index contributed by atoms with van der Waals surface area (Å²) in [6.45, 7) is 2.83. The number of aliphatic carboxylic acids is 1. The minimum Gasteiger partial charge on any atom is -0.507 e. The molecule has 0 saturated carbocycles. The zero-order valence-corrected chi connectivity index (χ0v) is 15.9. The summed E-state index contributed by atoms with van der Waals surface area (Å²) in [7, 11) is 1.77. The molecule has 0 aliphatic carbocycles. The number of anilines is 1. The molecule has 6 atom stereocenters. The molecule has 1 aromatic carbocycles. The van der Waals surface area contributed by atoms with Crippen LogP contribution in [-0.4, -0.2) is 77.5 Å². The van der Waals surface area contributed by atoms with Crippen molar-refractivity contribution < 1.29 is 44.4 Å². The average molecular weight is 399 g/mol. The molecule has 0 radical (unpaired) electrons. The van der Waals surface area contributed by atoms with E-state index in [-0.39, 0.29) is 29.6 Å². The van der Waals surface area contributed by atoms with Crippen molar-refractivity contribution in [2.24, 2.45) is 0 Å². The molecule has 0 bridgehead atoms. The maximum atomic E-state index is 12.2. The Hall–Kier alpha value is -2.40. The van der Waals surface area contributed by atoms with Crippen LogP contribution in [-0.2, 0) is 19.0 Å². The highest BCUT2D eigenvalue weighted by Gasteiger charge is 2.47. The number of nitrogens with two attached hydrogens (primary N) is 2. The lowest BCUT2D eigenvalue weighted by molar-refractivity contribution is -0.686. The van der Waals surface area contributed by atoms with Crippen molar-refractivity contribution in [2.45, 2.75) is 50.4 Å². The molecule has 0 spiro atoms. The van der Waals surface area contributed by atoms with Gasteiger partial charge in [0.05, 0.1) is 7.05 Å². The Morgan fingerprint density at radius 1 is 1.39 bits per heavy atom. The number of carboxylic acid groups (broad SMARTS) is 1. The second-order valence-corrected chi connectivity index (χ2v) is 6.74. The van der Waals surface area contributed by atoms with E-state index in [9.17, 15) is 19.8 Å². The summed E-state index contributed by atoms with van der Waals surface area (Å²) >= 11 is 0. The number of phenolic OH excluding ortho intramolecular Hbond substituents is 1. The lowest BCUT2D eigenvalue weighted by Crippen LogP contribution is -2.94. The summed E-state index contributed by atoms with van der Waals surface area (Å²) in [6.07, 6.45) is -4.51. The third-order valence-electron chi connectivity index (χ3n) is 4.74. The second-order valence-electron chi connectivity index (χ2n) is 6.74. The van der Waals surface area contributed by atoms with Crippen LogP contribution >= 0.6 is 0 Å². The number of nitrogen functional groups attached to an aromatic ring is 1. The van der Waals surface area contributed by atoms with Crippen LogP contribution in [0.25, 0.3) is 0 Å². The summed E-state index contributed by atoms with van der Waals surface area (Å²) in [5, 5.41) is 31.3. The number of phenols is 1. The number of carbonyl (C=O) groups excluding carboxylic acids is 1. The van der Waals surface area contributed by atoms with Crippen molar-refractivity contribution in [1.82, 2.24) is 0 Å². The highest BCUT2D eigenvalue weighted by molar-refractivity contribution is 5.93. The van der Waals surface area contributed by atoms with Crippen LogP contribution in [0.3, 0.4) is 0 Å². The smallest absolute Gasteiger partial charge is 0.342 e. The van der Waals surface area contributed by atoms with E-state index in [1.54, 1.807) is 19.3 Å². The first kappa shape index (κ1) is 21.9. The predicted octanol–water partition coefficient (Wildman–Crippen LogP) is -1.30. The molecule has 1 fully saturated rings. The molecule has 2 rings (SSSR count). The third kappa shape index (κ3) is 4.90. The third-order valence-corrected chi connectivity index (χ3v) is 4.74. The number of hydrogen-bond donors (Lipinski definition) is 5. The summed E-state index contributed by atoms with van der Waals surface area (Å²) < 4.78 is 16.4. The summed E-state index contributed by atoms with van der Waals surface area (Å²) in [5.41, 5.74) is 5.79. The highest BCUT2D eigenvalue weighted by atomic mass is 16.6. The van der Waals surface area contributed by atoms with E-state index in [2.05, 4.69) is 0 Å². The molecule has 28 heavy (non-hydrogen) atoms. The number of likely N-dealkylation sites (N-methyl/N-ethyl adjacent to an activating group) is 1. The van der Waals surface area contributed by atoms with E-state index in [4.69, 9.17) is 25.1 Å². The normalized spacial score (nSPS) is 28.5. The van der Waals surface area contributed by atoms with Crippen molar-refractivity contribution in [3.05, 3.63) is 23.8 Å². The standard InChI is InChI=1S/C18H26N2O8/c1-8-14(20-3)16(28-9(2)17(23)24)15(22)13(27-8)7-26-18(25)11-6-10(19)4-5-12(11)21/h4-6,8-9,13-16,20-22H,7,19H2,1-3H3,(H,23,24)/p+1/t8-,9?,13?,14?,15-,16+/m0/s1. The Labute approximate surface area is 162 Å². The Balaban J connectivity index is 2.09. The largest absolute Gasteiger partial charge is 0.507 e. The van der Waals surface area contributed by atoms with Gasteiger partial charge in [-0.25, -0.2) is 9.59 Å². The van der Waals surface area contributed by atoms with Gasteiger partial charge in [0, 0.05) is 5.69 Å². The van der Waals surface area contributed by atoms with Crippen LogP contribution in [0.15, 0.2) is 18.2 Å². The topological polar surface area (TPSA) is 165 Å². The summed E-state index contributed by atoms with van der Waals surface area (Å²) in [6, 6.07) is 3.65. The van der Waals surface area contributed by atoms with Gasteiger partial charge in [0.15, 0.2) is 6.10 Å². The number of ether oxygens (including phenoxy) is 3. The number of benzene rings is 1. The zero-order valence-electron chi connectivity index (χ0n) is 15.9. The Bertz CT molecular complexity index is 713. The second kappa shape index (κ2) is 9.20. The first-order chi connectivity index (χ1) is 13.1. The fraction of sp³-hybridized carbons (Fsp3) is 0.556. The van der Waals surface area contributed by atoms with E-state index in [1.165, 1.54) is 25.1 Å². The van der Waals surface area contributed by atoms with Crippen molar-refractivity contribution in [3.8, 4) is 5.75 Å². The fourth-order valence-corrected chi connectivity index (χ4v) is 3.17. The molecule has 0 amide bonds. The van der Waals surface area contributed by atoms with Crippen LogP contribution in [0.4, 0.5) is 5.69 Å². The van der Waals surface area contributed by atoms with Crippen LogP contribution in [0, 0.1) is 0 Å². The van der Waals surface area contributed by atoms with Gasteiger partial charge in [-0.1, -0.05) is 0 Å². The maximum Gasteiger partial charge on any atom is 0.342 e. The van der Waals surface area contributed by atoms with E-state index < -0.39 is 42.5 Å². The number of rotatable bonds is 7. The quantitative estimate of drug-likeness (QED) is 0.213. The van der Waals surface area contributed by atoms with Gasteiger partial charge in [0.1, 0.15) is 48.4 Å². The van der Waals surface area contributed by atoms with Gasteiger partial charge in [0.25, 0.3) is 0 Å². The summed E-state index contributed by atoms with van der Waals surface area (Å²) in [5.74, 6) is -2.26.